The molecule has 1 saturated heterocycles. The minimum atomic E-state index is -0.0923. The molecule has 0 atom stereocenters. The van der Waals surface area contributed by atoms with Crippen molar-refractivity contribution in [1.29, 1.82) is 0 Å². The second-order valence-corrected chi connectivity index (χ2v) is 6.76. The normalized spacial score (nSPS) is 17.7. The van der Waals surface area contributed by atoms with Crippen LogP contribution in [0.1, 0.15) is 34.9 Å². The monoisotopic (exact) mass is 338 g/mol. The van der Waals surface area contributed by atoms with Crippen LogP contribution in [0, 0.1) is 5.92 Å². The fourth-order valence-electron chi connectivity index (χ4n) is 3.16. The Balaban J connectivity index is 1.21. The third kappa shape index (κ3) is 2.61. The number of H-pyrrole nitrogens is 1. The summed E-state index contributed by atoms with van der Waals surface area (Å²) in [6.45, 7) is 2.42. The SMILES string of the molecule is O=C(NCC1CN(c2ccc3nnc(C4CC4)n3n2)C1)c1cn[nH]c1. The second kappa shape index (κ2) is 5.54. The quantitative estimate of drug-likeness (QED) is 0.706. The van der Waals surface area contributed by atoms with Crippen molar-refractivity contribution in [3.05, 3.63) is 35.9 Å². The summed E-state index contributed by atoms with van der Waals surface area (Å²) >= 11 is 0. The molecule has 0 spiro atoms. The number of nitrogens with one attached hydrogen (secondary N) is 2. The Labute approximate surface area is 143 Å². The zero-order valence-electron chi connectivity index (χ0n) is 13.6. The molecule has 1 aliphatic carbocycles. The predicted molar refractivity (Wildman–Crippen MR) is 89.4 cm³/mol. The molecule has 9 nitrogen and oxygen atoms in total. The summed E-state index contributed by atoms with van der Waals surface area (Å²) < 4.78 is 1.88. The molecular weight excluding hydrogens is 320 g/mol. The lowest BCUT2D eigenvalue weighted by Gasteiger charge is -2.40. The number of amides is 1. The van der Waals surface area contributed by atoms with E-state index < -0.39 is 0 Å². The van der Waals surface area contributed by atoms with Crippen molar-refractivity contribution in [3.8, 4) is 0 Å². The van der Waals surface area contributed by atoms with Gasteiger partial charge in [-0.2, -0.15) is 9.61 Å². The average molecular weight is 338 g/mol. The van der Waals surface area contributed by atoms with Crippen molar-refractivity contribution in [3.63, 3.8) is 0 Å². The number of carbonyl (C=O) groups is 1. The van der Waals surface area contributed by atoms with Crippen molar-refractivity contribution in [2.75, 3.05) is 24.5 Å². The lowest BCUT2D eigenvalue weighted by Crippen LogP contribution is -2.52. The van der Waals surface area contributed by atoms with Gasteiger partial charge in [0.2, 0.25) is 0 Å². The van der Waals surface area contributed by atoms with Gasteiger partial charge in [-0.15, -0.1) is 15.3 Å². The van der Waals surface area contributed by atoms with Gasteiger partial charge in [0.15, 0.2) is 11.5 Å². The van der Waals surface area contributed by atoms with Crippen LogP contribution in [0.25, 0.3) is 5.65 Å². The van der Waals surface area contributed by atoms with E-state index in [9.17, 15) is 4.79 Å². The molecule has 25 heavy (non-hydrogen) atoms. The van der Waals surface area contributed by atoms with Gasteiger partial charge in [0.05, 0.1) is 11.8 Å². The Morgan fingerprint density at radius 1 is 1.28 bits per heavy atom. The van der Waals surface area contributed by atoms with Gasteiger partial charge >= 0.3 is 0 Å². The molecular formula is C16H18N8O. The van der Waals surface area contributed by atoms with E-state index in [0.29, 0.717) is 23.9 Å². The average Bonchev–Trinajstić information content (AvgIpc) is 3.11. The van der Waals surface area contributed by atoms with E-state index in [-0.39, 0.29) is 5.91 Å². The molecule has 9 heteroatoms. The fourth-order valence-corrected chi connectivity index (χ4v) is 3.16. The number of anilines is 1. The first-order valence-electron chi connectivity index (χ1n) is 8.52. The molecule has 3 aromatic rings. The minimum Gasteiger partial charge on any atom is -0.354 e. The number of fused-ring (bicyclic) bond motifs is 1. The van der Waals surface area contributed by atoms with Crippen LogP contribution in [-0.4, -0.2) is 55.6 Å². The number of nitrogens with zero attached hydrogens (tertiary/aromatic N) is 6. The second-order valence-electron chi connectivity index (χ2n) is 6.76. The molecule has 0 bridgehead atoms. The first-order valence-corrected chi connectivity index (χ1v) is 8.52. The smallest absolute Gasteiger partial charge is 0.254 e. The molecule has 2 aliphatic rings. The Morgan fingerprint density at radius 2 is 2.16 bits per heavy atom. The van der Waals surface area contributed by atoms with E-state index >= 15 is 0 Å². The number of aromatic amines is 1. The zero-order valence-corrected chi connectivity index (χ0v) is 13.6. The molecule has 1 amide bonds. The summed E-state index contributed by atoms with van der Waals surface area (Å²) in [5.41, 5.74) is 1.36. The number of rotatable bonds is 5. The fraction of sp³-hybridized carbons (Fsp3) is 0.438. The van der Waals surface area contributed by atoms with Gasteiger partial charge in [0.25, 0.3) is 5.91 Å². The van der Waals surface area contributed by atoms with Crippen LogP contribution < -0.4 is 10.2 Å². The van der Waals surface area contributed by atoms with Crippen molar-refractivity contribution in [2.45, 2.75) is 18.8 Å². The molecule has 0 unspecified atom stereocenters. The number of aromatic nitrogens is 6. The van der Waals surface area contributed by atoms with Crippen LogP contribution in [0.3, 0.4) is 0 Å². The predicted octanol–water partition coefficient (Wildman–Crippen LogP) is 0.591. The van der Waals surface area contributed by atoms with E-state index in [1.54, 1.807) is 6.20 Å². The largest absolute Gasteiger partial charge is 0.354 e. The summed E-state index contributed by atoms with van der Waals surface area (Å²) in [6, 6.07) is 3.95. The zero-order chi connectivity index (χ0) is 16.8. The van der Waals surface area contributed by atoms with E-state index in [0.717, 1.165) is 30.4 Å². The van der Waals surface area contributed by atoms with Gasteiger partial charge in [-0.1, -0.05) is 0 Å². The van der Waals surface area contributed by atoms with Crippen LogP contribution in [0.15, 0.2) is 24.5 Å². The van der Waals surface area contributed by atoms with Crippen molar-refractivity contribution >= 4 is 17.4 Å². The first kappa shape index (κ1) is 14.4. The van der Waals surface area contributed by atoms with Crippen molar-refractivity contribution < 1.29 is 4.79 Å². The van der Waals surface area contributed by atoms with Gasteiger partial charge in [-0.25, -0.2) is 0 Å². The minimum absolute atomic E-state index is 0.0923. The number of hydrogen-bond donors (Lipinski definition) is 2. The lowest BCUT2D eigenvalue weighted by atomic mass is 10.00. The van der Waals surface area contributed by atoms with Gasteiger partial charge in [-0.05, 0) is 25.0 Å². The standard InChI is InChI=1S/C16H18N8O/c25-16(12-6-18-19-7-12)17-5-10-8-23(9-10)14-4-3-13-20-21-15(11-1-2-11)24(13)22-14/h3-4,6-7,10-11H,1-2,5,8-9H2,(H,17,25)(H,18,19). The maximum atomic E-state index is 11.9. The van der Waals surface area contributed by atoms with E-state index in [2.05, 4.69) is 30.6 Å². The molecule has 0 radical (unpaired) electrons. The van der Waals surface area contributed by atoms with Gasteiger partial charge < -0.3 is 10.2 Å². The first-order chi connectivity index (χ1) is 12.3. The molecule has 5 rings (SSSR count). The topological polar surface area (TPSA) is 104 Å². The van der Waals surface area contributed by atoms with Gasteiger partial charge in [-0.3, -0.25) is 9.89 Å². The molecule has 3 aromatic heterocycles. The molecule has 2 N–H and O–H groups in total. The third-order valence-corrected chi connectivity index (χ3v) is 4.81. The summed E-state index contributed by atoms with van der Waals surface area (Å²) in [4.78, 5) is 14.1. The van der Waals surface area contributed by atoms with Crippen LogP contribution in [0.5, 0.6) is 0 Å². The highest BCUT2D eigenvalue weighted by molar-refractivity contribution is 5.93. The van der Waals surface area contributed by atoms with E-state index in [4.69, 9.17) is 5.10 Å². The molecule has 1 aliphatic heterocycles. The maximum Gasteiger partial charge on any atom is 0.254 e. The molecule has 1 saturated carbocycles. The van der Waals surface area contributed by atoms with Crippen LogP contribution >= 0.6 is 0 Å². The summed E-state index contributed by atoms with van der Waals surface area (Å²) in [7, 11) is 0. The van der Waals surface area contributed by atoms with E-state index in [1.165, 1.54) is 19.0 Å². The van der Waals surface area contributed by atoms with Gasteiger partial charge in [0.1, 0.15) is 5.82 Å². The van der Waals surface area contributed by atoms with Crippen LogP contribution in [0.2, 0.25) is 0 Å². The van der Waals surface area contributed by atoms with Crippen LogP contribution in [-0.2, 0) is 0 Å². The molecule has 0 aromatic carbocycles. The lowest BCUT2D eigenvalue weighted by molar-refractivity contribution is 0.0944. The Hall–Kier alpha value is -2.97. The summed E-state index contributed by atoms with van der Waals surface area (Å²) in [5.74, 6) is 2.76. The molecule has 128 valence electrons. The van der Waals surface area contributed by atoms with E-state index in [1.807, 2.05) is 16.6 Å². The van der Waals surface area contributed by atoms with Crippen molar-refractivity contribution in [2.24, 2.45) is 5.92 Å². The Bertz CT molecular complexity index is 908. The Morgan fingerprint density at radius 3 is 2.92 bits per heavy atom. The molecule has 4 heterocycles. The number of carbonyl (C=O) groups excluding carboxylic acids is 1. The third-order valence-electron chi connectivity index (χ3n) is 4.81. The van der Waals surface area contributed by atoms with Crippen LogP contribution in [0.4, 0.5) is 5.82 Å². The van der Waals surface area contributed by atoms with Gasteiger partial charge in [0, 0.05) is 37.7 Å². The number of hydrogen-bond acceptors (Lipinski definition) is 6. The maximum absolute atomic E-state index is 11.9. The summed E-state index contributed by atoms with van der Waals surface area (Å²) in [5, 5.41) is 22.5. The highest BCUT2D eigenvalue weighted by Crippen LogP contribution is 2.38. The van der Waals surface area contributed by atoms with Crippen molar-refractivity contribution in [1.82, 2.24) is 35.3 Å². The molecule has 2 fully saturated rings. The highest BCUT2D eigenvalue weighted by Gasteiger charge is 2.31. The Kier molecular flexibility index (Phi) is 3.19. The summed E-state index contributed by atoms with van der Waals surface area (Å²) in [6.07, 6.45) is 5.47. The highest BCUT2D eigenvalue weighted by atomic mass is 16.1.